The Morgan fingerprint density at radius 1 is 1.50 bits per heavy atom. The highest BCUT2D eigenvalue weighted by Crippen LogP contribution is 2.30. The van der Waals surface area contributed by atoms with Gasteiger partial charge in [0.05, 0.1) is 5.54 Å². The molecule has 2 aliphatic heterocycles. The van der Waals surface area contributed by atoms with Gasteiger partial charge in [0.1, 0.15) is 5.82 Å². The summed E-state index contributed by atoms with van der Waals surface area (Å²) in [6.45, 7) is 4.47. The van der Waals surface area contributed by atoms with Crippen LogP contribution in [0.5, 0.6) is 0 Å². The number of hydrogen-bond donors (Lipinski definition) is 1. The Morgan fingerprint density at radius 3 is 2.80 bits per heavy atom. The number of amides is 3. The predicted molar refractivity (Wildman–Crippen MR) is 72.1 cm³/mol. The molecule has 1 aromatic rings. The Hall–Kier alpha value is -2.05. The Bertz CT molecular complexity index is 547. The van der Waals surface area contributed by atoms with E-state index >= 15 is 0 Å². The van der Waals surface area contributed by atoms with Crippen LogP contribution in [0.3, 0.4) is 0 Å². The number of hydrogen-bond acceptors (Lipinski definition) is 3. The van der Waals surface area contributed by atoms with Crippen LogP contribution >= 0.6 is 0 Å². The lowest BCUT2D eigenvalue weighted by atomic mass is 9.89. The first-order valence-electron chi connectivity index (χ1n) is 6.79. The maximum Gasteiger partial charge on any atom is 0.317 e. The molecule has 3 heterocycles. The van der Waals surface area contributed by atoms with Crippen LogP contribution in [0, 0.1) is 6.92 Å². The van der Waals surface area contributed by atoms with Gasteiger partial charge in [0.15, 0.2) is 0 Å². The standard InChI is InChI=1S/C13H19N5O2/c1-10-14-4-6-17(10)5-3-11(19)18-8-13(9-18)7-15-12(20)16(13)2/h4,6H,3,5,7-9H2,1-2H3,(H,15,20). The van der Waals surface area contributed by atoms with Crippen molar-refractivity contribution in [2.45, 2.75) is 25.4 Å². The fourth-order valence-electron chi connectivity index (χ4n) is 2.87. The first-order chi connectivity index (χ1) is 9.52. The third-order valence-corrected chi connectivity index (χ3v) is 4.40. The number of imidazole rings is 1. The summed E-state index contributed by atoms with van der Waals surface area (Å²) in [5.41, 5.74) is -0.183. The van der Waals surface area contributed by atoms with Gasteiger partial charge in [-0.25, -0.2) is 9.78 Å². The molecule has 0 atom stereocenters. The van der Waals surface area contributed by atoms with Crippen molar-refractivity contribution in [3.63, 3.8) is 0 Å². The Balaban J connectivity index is 1.51. The molecule has 0 radical (unpaired) electrons. The Labute approximate surface area is 117 Å². The van der Waals surface area contributed by atoms with Gasteiger partial charge in [-0.2, -0.15) is 0 Å². The Kier molecular flexibility index (Phi) is 2.92. The number of carbonyl (C=O) groups excluding carboxylic acids is 2. The van der Waals surface area contributed by atoms with E-state index in [2.05, 4.69) is 10.3 Å². The molecule has 3 rings (SSSR count). The summed E-state index contributed by atoms with van der Waals surface area (Å²) >= 11 is 0. The van der Waals surface area contributed by atoms with Crippen molar-refractivity contribution in [1.29, 1.82) is 0 Å². The van der Waals surface area contributed by atoms with Crippen LogP contribution < -0.4 is 5.32 Å². The van der Waals surface area contributed by atoms with Crippen LogP contribution in [0.2, 0.25) is 0 Å². The quantitative estimate of drug-likeness (QED) is 0.833. The lowest BCUT2D eigenvalue weighted by molar-refractivity contribution is -0.142. The molecule has 0 unspecified atom stereocenters. The van der Waals surface area contributed by atoms with Gasteiger partial charge in [0.2, 0.25) is 5.91 Å². The van der Waals surface area contributed by atoms with Crippen molar-refractivity contribution >= 4 is 11.9 Å². The molecular formula is C13H19N5O2. The molecular weight excluding hydrogens is 258 g/mol. The van der Waals surface area contributed by atoms with E-state index in [0.29, 0.717) is 32.6 Å². The van der Waals surface area contributed by atoms with Crippen molar-refractivity contribution in [3.8, 4) is 0 Å². The number of carbonyl (C=O) groups is 2. The molecule has 108 valence electrons. The zero-order valence-electron chi connectivity index (χ0n) is 11.8. The molecule has 1 N–H and O–H groups in total. The molecule has 20 heavy (non-hydrogen) atoms. The van der Waals surface area contributed by atoms with Gasteiger partial charge in [-0.15, -0.1) is 0 Å². The second-order valence-electron chi connectivity index (χ2n) is 5.61. The fourth-order valence-corrected chi connectivity index (χ4v) is 2.87. The van der Waals surface area contributed by atoms with E-state index < -0.39 is 0 Å². The number of aryl methyl sites for hydroxylation is 2. The summed E-state index contributed by atoms with van der Waals surface area (Å²) in [6.07, 6.45) is 4.09. The van der Waals surface area contributed by atoms with E-state index in [9.17, 15) is 9.59 Å². The van der Waals surface area contributed by atoms with Crippen LogP contribution in [-0.4, -0.2) is 63.5 Å². The van der Waals surface area contributed by atoms with Gasteiger partial charge in [0, 0.05) is 52.0 Å². The zero-order valence-corrected chi connectivity index (χ0v) is 11.8. The zero-order chi connectivity index (χ0) is 14.3. The summed E-state index contributed by atoms with van der Waals surface area (Å²) in [7, 11) is 1.79. The molecule has 0 bridgehead atoms. The van der Waals surface area contributed by atoms with Gasteiger partial charge in [-0.3, -0.25) is 4.79 Å². The van der Waals surface area contributed by atoms with Crippen LogP contribution in [-0.2, 0) is 11.3 Å². The van der Waals surface area contributed by atoms with E-state index in [1.54, 1.807) is 18.1 Å². The summed E-state index contributed by atoms with van der Waals surface area (Å²) in [5.74, 6) is 1.06. The van der Waals surface area contributed by atoms with Crippen molar-refractivity contribution in [2.24, 2.45) is 0 Å². The summed E-state index contributed by atoms with van der Waals surface area (Å²) < 4.78 is 1.97. The number of nitrogens with zero attached hydrogens (tertiary/aromatic N) is 4. The highest BCUT2D eigenvalue weighted by atomic mass is 16.2. The van der Waals surface area contributed by atoms with E-state index in [1.807, 2.05) is 22.6 Å². The normalized spacial score (nSPS) is 20.2. The molecule has 0 saturated carbocycles. The SMILES string of the molecule is Cc1nccn1CCC(=O)N1CC2(CNC(=O)N2C)C1. The summed E-state index contributed by atoms with van der Waals surface area (Å²) in [5, 5.41) is 2.82. The second-order valence-corrected chi connectivity index (χ2v) is 5.61. The van der Waals surface area contributed by atoms with Gasteiger partial charge in [0.25, 0.3) is 0 Å². The maximum atomic E-state index is 12.1. The van der Waals surface area contributed by atoms with Gasteiger partial charge in [-0.05, 0) is 6.92 Å². The smallest absolute Gasteiger partial charge is 0.317 e. The van der Waals surface area contributed by atoms with Crippen LogP contribution in [0.1, 0.15) is 12.2 Å². The number of likely N-dealkylation sites (N-methyl/N-ethyl adjacent to an activating group) is 1. The maximum absolute atomic E-state index is 12.1. The average Bonchev–Trinajstić information content (AvgIpc) is 2.91. The molecule has 3 amide bonds. The third kappa shape index (κ3) is 1.93. The van der Waals surface area contributed by atoms with Crippen LogP contribution in [0.4, 0.5) is 4.79 Å². The molecule has 2 saturated heterocycles. The lowest BCUT2D eigenvalue weighted by Crippen LogP contribution is -2.70. The second kappa shape index (κ2) is 4.50. The number of aromatic nitrogens is 2. The molecule has 1 spiro atoms. The lowest BCUT2D eigenvalue weighted by Gasteiger charge is -2.50. The average molecular weight is 277 g/mol. The van der Waals surface area contributed by atoms with E-state index in [-0.39, 0.29) is 17.5 Å². The summed E-state index contributed by atoms with van der Waals surface area (Å²) in [4.78, 5) is 31.3. The van der Waals surface area contributed by atoms with Crippen molar-refractivity contribution in [1.82, 2.24) is 24.7 Å². The largest absolute Gasteiger partial charge is 0.338 e. The number of rotatable bonds is 3. The third-order valence-electron chi connectivity index (χ3n) is 4.40. The molecule has 0 aliphatic carbocycles. The molecule has 1 aromatic heterocycles. The minimum atomic E-state index is -0.183. The van der Waals surface area contributed by atoms with E-state index in [1.165, 1.54) is 0 Å². The molecule has 7 heteroatoms. The van der Waals surface area contributed by atoms with Crippen LogP contribution in [0.25, 0.3) is 0 Å². The number of likely N-dealkylation sites (tertiary alicyclic amines) is 1. The minimum absolute atomic E-state index is 0.0499. The topological polar surface area (TPSA) is 70.5 Å². The fraction of sp³-hybridized carbons (Fsp3) is 0.615. The van der Waals surface area contributed by atoms with E-state index in [0.717, 1.165) is 5.82 Å². The number of nitrogens with one attached hydrogen (secondary N) is 1. The van der Waals surface area contributed by atoms with Crippen molar-refractivity contribution < 1.29 is 9.59 Å². The monoisotopic (exact) mass is 277 g/mol. The first-order valence-corrected chi connectivity index (χ1v) is 6.79. The van der Waals surface area contributed by atoms with Crippen molar-refractivity contribution in [2.75, 3.05) is 26.7 Å². The minimum Gasteiger partial charge on any atom is -0.338 e. The highest BCUT2D eigenvalue weighted by Gasteiger charge is 2.53. The first kappa shape index (κ1) is 13.0. The molecule has 0 aromatic carbocycles. The molecule has 2 fully saturated rings. The van der Waals surface area contributed by atoms with Gasteiger partial charge < -0.3 is 19.7 Å². The molecule has 2 aliphatic rings. The highest BCUT2D eigenvalue weighted by molar-refractivity contribution is 5.81. The Morgan fingerprint density at radius 2 is 2.25 bits per heavy atom. The predicted octanol–water partition coefficient (Wildman–Crippen LogP) is -0.182. The van der Waals surface area contributed by atoms with Crippen LogP contribution in [0.15, 0.2) is 12.4 Å². The van der Waals surface area contributed by atoms with Gasteiger partial charge >= 0.3 is 6.03 Å². The van der Waals surface area contributed by atoms with E-state index in [4.69, 9.17) is 0 Å². The van der Waals surface area contributed by atoms with Gasteiger partial charge in [-0.1, -0.05) is 0 Å². The summed E-state index contributed by atoms with van der Waals surface area (Å²) in [6, 6.07) is -0.0499. The van der Waals surface area contributed by atoms with Crippen molar-refractivity contribution in [3.05, 3.63) is 18.2 Å². The number of urea groups is 1. The molecule has 7 nitrogen and oxygen atoms in total.